The summed E-state index contributed by atoms with van der Waals surface area (Å²) in [5.74, 6) is -2.37. The highest BCUT2D eigenvalue weighted by molar-refractivity contribution is 6.08. The van der Waals surface area contributed by atoms with Crippen LogP contribution in [-0.2, 0) is 39.5 Å². The zero-order chi connectivity index (χ0) is 32.0. The minimum absolute atomic E-state index is 0.0148. The zero-order valence-electron chi connectivity index (χ0n) is 24.8. The van der Waals surface area contributed by atoms with E-state index in [-0.39, 0.29) is 13.2 Å². The first kappa shape index (κ1) is 32.5. The van der Waals surface area contributed by atoms with Crippen molar-refractivity contribution in [3.05, 3.63) is 77.6 Å². The number of aryl methyl sites for hydroxylation is 1. The van der Waals surface area contributed by atoms with Crippen LogP contribution in [0.4, 0.5) is 17.1 Å². The van der Waals surface area contributed by atoms with Crippen LogP contribution < -0.4 is 15.5 Å². The lowest BCUT2D eigenvalue weighted by atomic mass is 9.82. The Bertz CT molecular complexity index is 1520. The maximum atomic E-state index is 14.0. The molecule has 0 unspecified atom stereocenters. The fourth-order valence-corrected chi connectivity index (χ4v) is 4.87. The number of aliphatic hydroxyl groups is 4. The average molecular weight is 607 g/mol. The van der Waals surface area contributed by atoms with Gasteiger partial charge in [-0.2, -0.15) is 0 Å². The SMILES string of the molecule is C[C@H](O)C(=O)Nc1ccc(CN2C(=O)[C@](O)([C@H](C)/C=C/CCn3cc(CCO)nn3)c3cc(NC(=O)[C@H](C)O)ccc32)cc1. The summed E-state index contributed by atoms with van der Waals surface area (Å²) in [4.78, 5) is 39.4. The summed E-state index contributed by atoms with van der Waals surface area (Å²) < 4.78 is 1.66. The molecule has 6 N–H and O–H groups in total. The van der Waals surface area contributed by atoms with Crippen LogP contribution in [0.15, 0.2) is 60.8 Å². The van der Waals surface area contributed by atoms with Gasteiger partial charge in [0.25, 0.3) is 17.7 Å². The molecule has 234 valence electrons. The quantitative estimate of drug-likeness (QED) is 0.157. The lowest BCUT2D eigenvalue weighted by molar-refractivity contribution is -0.139. The largest absolute Gasteiger partial charge is 0.396 e. The van der Waals surface area contributed by atoms with Gasteiger partial charge in [0.2, 0.25) is 0 Å². The number of amides is 3. The van der Waals surface area contributed by atoms with Crippen molar-refractivity contribution < 1.29 is 34.8 Å². The van der Waals surface area contributed by atoms with Crippen molar-refractivity contribution in [3.63, 3.8) is 0 Å². The number of nitrogens with one attached hydrogen (secondary N) is 2. The second-order valence-electron chi connectivity index (χ2n) is 10.9. The van der Waals surface area contributed by atoms with Crippen molar-refractivity contribution in [3.8, 4) is 0 Å². The zero-order valence-corrected chi connectivity index (χ0v) is 24.8. The highest BCUT2D eigenvalue weighted by Crippen LogP contribution is 2.47. The molecule has 4 atom stereocenters. The summed E-state index contributed by atoms with van der Waals surface area (Å²) in [7, 11) is 0. The maximum Gasteiger partial charge on any atom is 0.264 e. The summed E-state index contributed by atoms with van der Waals surface area (Å²) in [5.41, 5.74) is 1.05. The second-order valence-corrected chi connectivity index (χ2v) is 10.9. The molecule has 3 amide bonds. The lowest BCUT2D eigenvalue weighted by Crippen LogP contribution is -2.44. The smallest absolute Gasteiger partial charge is 0.264 e. The fraction of sp³-hybridized carbons (Fsp3) is 0.387. The molecule has 1 aliphatic rings. The van der Waals surface area contributed by atoms with Crippen LogP contribution in [0.1, 0.15) is 44.0 Å². The van der Waals surface area contributed by atoms with Gasteiger partial charge < -0.3 is 36.0 Å². The number of hydrogen-bond acceptors (Lipinski definition) is 9. The third-order valence-electron chi connectivity index (χ3n) is 7.42. The molecule has 13 heteroatoms. The monoisotopic (exact) mass is 606 g/mol. The Labute approximate surface area is 254 Å². The van der Waals surface area contributed by atoms with E-state index in [1.165, 1.54) is 18.7 Å². The predicted octanol–water partition coefficient (Wildman–Crippen LogP) is 1.47. The minimum atomic E-state index is -1.95. The molecule has 1 aromatic heterocycles. The van der Waals surface area contributed by atoms with E-state index in [1.807, 2.05) is 6.08 Å². The van der Waals surface area contributed by atoms with Crippen molar-refractivity contribution in [2.45, 2.75) is 64.5 Å². The number of carbonyl (C=O) groups is 3. The number of carbonyl (C=O) groups excluding carboxylic acids is 3. The van der Waals surface area contributed by atoms with Crippen molar-refractivity contribution in [2.75, 3.05) is 22.1 Å². The molecule has 1 aliphatic heterocycles. The number of aromatic nitrogens is 3. The van der Waals surface area contributed by atoms with Crippen LogP contribution in [0.3, 0.4) is 0 Å². The number of anilines is 3. The average Bonchev–Trinajstić information content (AvgIpc) is 3.52. The normalized spacial score (nSPS) is 18.2. The molecule has 0 saturated carbocycles. The summed E-state index contributed by atoms with van der Waals surface area (Å²) in [6, 6.07) is 11.6. The number of allylic oxidation sites excluding steroid dienone is 1. The van der Waals surface area contributed by atoms with Crippen LogP contribution in [0.2, 0.25) is 0 Å². The Kier molecular flexibility index (Phi) is 10.3. The second kappa shape index (κ2) is 13.9. The molecule has 2 aromatic carbocycles. The first-order valence-electron chi connectivity index (χ1n) is 14.4. The molecular weight excluding hydrogens is 568 g/mol. The molecule has 2 heterocycles. The molecule has 0 saturated heterocycles. The third kappa shape index (κ3) is 7.19. The summed E-state index contributed by atoms with van der Waals surface area (Å²) in [6.45, 7) is 5.06. The van der Waals surface area contributed by atoms with Crippen LogP contribution >= 0.6 is 0 Å². The Morgan fingerprint density at radius 2 is 1.64 bits per heavy atom. The van der Waals surface area contributed by atoms with E-state index in [0.29, 0.717) is 47.7 Å². The van der Waals surface area contributed by atoms with Crippen LogP contribution in [0, 0.1) is 5.92 Å². The van der Waals surface area contributed by atoms with Gasteiger partial charge in [0.05, 0.1) is 17.9 Å². The molecule has 0 aliphatic carbocycles. The van der Waals surface area contributed by atoms with Gasteiger partial charge in [-0.25, -0.2) is 0 Å². The molecule has 0 radical (unpaired) electrons. The Balaban J connectivity index is 1.57. The third-order valence-corrected chi connectivity index (χ3v) is 7.42. The van der Waals surface area contributed by atoms with Crippen molar-refractivity contribution in [1.29, 1.82) is 0 Å². The number of benzene rings is 2. The topological polar surface area (TPSA) is 190 Å². The number of aliphatic hydroxyl groups excluding tert-OH is 3. The first-order valence-corrected chi connectivity index (χ1v) is 14.4. The minimum Gasteiger partial charge on any atom is -0.396 e. The highest BCUT2D eigenvalue weighted by Gasteiger charge is 2.52. The molecule has 0 bridgehead atoms. The molecule has 3 aromatic rings. The molecule has 13 nitrogen and oxygen atoms in total. The molecule has 0 fully saturated rings. The fourth-order valence-electron chi connectivity index (χ4n) is 4.87. The maximum absolute atomic E-state index is 14.0. The highest BCUT2D eigenvalue weighted by atomic mass is 16.3. The van der Waals surface area contributed by atoms with E-state index in [2.05, 4.69) is 20.9 Å². The standard InChI is InChI=1S/C31H38N6O7/c1-19(6-4-5-14-36-18-25(13-15-38)34-35-36)31(44)26-16-24(33-29(42)21(3)40)11-12-27(26)37(30(31)43)17-22-7-9-23(10-8-22)32-28(41)20(2)39/h4,6-12,16,18-21,38-40,44H,5,13-15,17H2,1-3H3,(H,32,41)(H,33,42)/b6-4+/t19-,20+,21+,31+/m1/s1. The van der Waals surface area contributed by atoms with Crippen LogP contribution in [0.25, 0.3) is 0 Å². The van der Waals surface area contributed by atoms with Crippen molar-refractivity contribution in [2.24, 2.45) is 5.92 Å². The van der Waals surface area contributed by atoms with Gasteiger partial charge in [-0.05, 0) is 56.2 Å². The summed E-state index contributed by atoms with van der Waals surface area (Å²) in [6.07, 6.45) is 3.93. The molecular formula is C31H38N6O7. The van der Waals surface area contributed by atoms with Gasteiger partial charge >= 0.3 is 0 Å². The lowest BCUT2D eigenvalue weighted by Gasteiger charge is -2.28. The first-order chi connectivity index (χ1) is 20.9. The van der Waals surface area contributed by atoms with E-state index >= 15 is 0 Å². The summed E-state index contributed by atoms with van der Waals surface area (Å²) in [5, 5.41) is 53.4. The van der Waals surface area contributed by atoms with Crippen molar-refractivity contribution >= 4 is 34.8 Å². The van der Waals surface area contributed by atoms with Gasteiger partial charge in [0, 0.05) is 48.6 Å². The predicted molar refractivity (Wildman–Crippen MR) is 162 cm³/mol. The summed E-state index contributed by atoms with van der Waals surface area (Å²) >= 11 is 0. The van der Waals surface area contributed by atoms with Gasteiger partial charge in [0.1, 0.15) is 12.2 Å². The number of hydrogen-bond donors (Lipinski definition) is 6. The Hall–Kier alpha value is -4.43. The van der Waals surface area contributed by atoms with Gasteiger partial charge in [-0.1, -0.05) is 36.4 Å². The van der Waals surface area contributed by atoms with E-state index in [4.69, 9.17) is 5.11 Å². The van der Waals surface area contributed by atoms with Gasteiger partial charge in [-0.15, -0.1) is 5.10 Å². The number of fused-ring (bicyclic) bond motifs is 1. The molecule has 4 rings (SSSR count). The number of rotatable bonds is 13. The van der Waals surface area contributed by atoms with E-state index in [1.54, 1.807) is 66.3 Å². The Morgan fingerprint density at radius 3 is 2.27 bits per heavy atom. The number of nitrogens with zero attached hydrogens (tertiary/aromatic N) is 4. The molecule has 44 heavy (non-hydrogen) atoms. The van der Waals surface area contributed by atoms with Gasteiger partial charge in [-0.3, -0.25) is 19.1 Å². The van der Waals surface area contributed by atoms with E-state index in [0.717, 1.165) is 5.56 Å². The van der Waals surface area contributed by atoms with E-state index < -0.39 is 41.4 Å². The Morgan fingerprint density at radius 1 is 1.00 bits per heavy atom. The molecule has 0 spiro atoms. The van der Waals surface area contributed by atoms with Gasteiger partial charge in [0.15, 0.2) is 5.60 Å². The van der Waals surface area contributed by atoms with Crippen LogP contribution in [0.5, 0.6) is 0 Å². The van der Waals surface area contributed by atoms with E-state index in [9.17, 15) is 29.7 Å². The van der Waals surface area contributed by atoms with Crippen molar-refractivity contribution in [1.82, 2.24) is 15.0 Å². The van der Waals surface area contributed by atoms with Crippen LogP contribution in [-0.4, -0.2) is 72.0 Å².